The van der Waals surface area contributed by atoms with Gasteiger partial charge in [-0.05, 0) is 61.7 Å². The predicted molar refractivity (Wildman–Crippen MR) is 142 cm³/mol. The molecular weight excluding hydrogens is 502 g/mol. The van der Waals surface area contributed by atoms with Crippen molar-refractivity contribution in [3.05, 3.63) is 59.1 Å². The van der Waals surface area contributed by atoms with Crippen molar-refractivity contribution in [3.8, 4) is 5.75 Å². The molecule has 2 aromatic carbocycles. The van der Waals surface area contributed by atoms with Crippen molar-refractivity contribution in [2.75, 3.05) is 24.2 Å². The van der Waals surface area contributed by atoms with Gasteiger partial charge in [0.2, 0.25) is 21.8 Å². The number of hydrogen-bond donors (Lipinski definition) is 1. The molecule has 1 fully saturated rings. The Labute approximate surface area is 218 Å². The first-order chi connectivity index (χ1) is 17.1. The summed E-state index contributed by atoms with van der Waals surface area (Å²) in [7, 11) is -2.22. The Bertz CT molecular complexity index is 1130. The molecule has 0 bridgehead atoms. The number of halogens is 1. The van der Waals surface area contributed by atoms with E-state index >= 15 is 0 Å². The third-order valence-corrected chi connectivity index (χ3v) is 7.82. The molecule has 1 saturated carbocycles. The highest BCUT2D eigenvalue weighted by Crippen LogP contribution is 2.22. The molecule has 1 aliphatic rings. The summed E-state index contributed by atoms with van der Waals surface area (Å²) < 4.78 is 31.4. The molecule has 1 aliphatic carbocycles. The van der Waals surface area contributed by atoms with E-state index in [2.05, 4.69) is 5.32 Å². The van der Waals surface area contributed by atoms with Crippen molar-refractivity contribution in [2.24, 2.45) is 0 Å². The molecule has 3 rings (SSSR count). The van der Waals surface area contributed by atoms with Gasteiger partial charge in [0.25, 0.3) is 0 Å². The third kappa shape index (κ3) is 7.61. The molecule has 0 saturated heterocycles. The van der Waals surface area contributed by atoms with Crippen LogP contribution in [-0.2, 0) is 26.2 Å². The van der Waals surface area contributed by atoms with Crippen molar-refractivity contribution >= 4 is 39.1 Å². The van der Waals surface area contributed by atoms with Gasteiger partial charge in [0.15, 0.2) is 0 Å². The number of methoxy groups -OCH3 is 1. The average molecular weight is 536 g/mol. The number of amides is 2. The van der Waals surface area contributed by atoms with Crippen LogP contribution < -0.4 is 14.4 Å². The van der Waals surface area contributed by atoms with Gasteiger partial charge >= 0.3 is 0 Å². The van der Waals surface area contributed by atoms with Gasteiger partial charge in [-0.1, -0.05) is 43.0 Å². The van der Waals surface area contributed by atoms with E-state index in [4.69, 9.17) is 16.3 Å². The Balaban J connectivity index is 1.85. The number of sulfonamides is 1. The van der Waals surface area contributed by atoms with E-state index < -0.39 is 28.5 Å². The third-order valence-electron chi connectivity index (χ3n) is 6.42. The van der Waals surface area contributed by atoms with E-state index in [0.29, 0.717) is 16.5 Å². The monoisotopic (exact) mass is 535 g/mol. The Hall–Kier alpha value is -2.78. The van der Waals surface area contributed by atoms with Crippen LogP contribution in [-0.4, -0.2) is 57.1 Å². The molecule has 196 valence electrons. The number of carbonyl (C=O) groups is 2. The number of rotatable bonds is 10. The number of anilines is 1. The normalized spacial score (nSPS) is 15.1. The fourth-order valence-electron chi connectivity index (χ4n) is 4.30. The lowest BCUT2D eigenvalue weighted by Gasteiger charge is -2.33. The molecule has 8 nitrogen and oxygen atoms in total. The van der Waals surface area contributed by atoms with Crippen LogP contribution in [0.2, 0.25) is 5.02 Å². The summed E-state index contributed by atoms with van der Waals surface area (Å²) in [6, 6.07) is 12.7. The average Bonchev–Trinajstić information content (AvgIpc) is 2.86. The van der Waals surface area contributed by atoms with E-state index in [1.54, 1.807) is 50.4 Å². The molecule has 2 amide bonds. The molecule has 0 unspecified atom stereocenters. The Morgan fingerprint density at radius 1 is 1.06 bits per heavy atom. The van der Waals surface area contributed by atoms with Crippen molar-refractivity contribution in [1.82, 2.24) is 10.2 Å². The van der Waals surface area contributed by atoms with Gasteiger partial charge in [-0.15, -0.1) is 0 Å². The Morgan fingerprint density at radius 3 is 2.22 bits per heavy atom. The molecule has 2 aromatic rings. The van der Waals surface area contributed by atoms with Gasteiger partial charge in [-0.3, -0.25) is 13.9 Å². The van der Waals surface area contributed by atoms with E-state index in [1.165, 1.54) is 4.90 Å². The molecule has 1 N–H and O–H groups in total. The quantitative estimate of drug-likeness (QED) is 0.496. The molecule has 0 aromatic heterocycles. The van der Waals surface area contributed by atoms with Crippen LogP contribution in [0.4, 0.5) is 5.69 Å². The van der Waals surface area contributed by atoms with Crippen LogP contribution in [0.25, 0.3) is 0 Å². The number of benzene rings is 2. The van der Waals surface area contributed by atoms with Gasteiger partial charge in [-0.25, -0.2) is 8.42 Å². The second kappa shape index (κ2) is 12.5. The number of carbonyl (C=O) groups excluding carboxylic acids is 2. The zero-order valence-electron chi connectivity index (χ0n) is 20.9. The fraction of sp³-hybridized carbons (Fsp3) is 0.462. The van der Waals surface area contributed by atoms with Crippen LogP contribution in [0.5, 0.6) is 5.75 Å². The minimum Gasteiger partial charge on any atom is -0.497 e. The number of hydrogen-bond acceptors (Lipinski definition) is 5. The summed E-state index contributed by atoms with van der Waals surface area (Å²) >= 11 is 5.96. The molecular formula is C26H34ClN3O5S. The van der Waals surface area contributed by atoms with E-state index in [0.717, 1.165) is 48.2 Å². The SMILES string of the molecule is COc1ccc(CN(C(=O)CN(c2ccc(Cl)cc2)S(C)(=O)=O)[C@@H](C)C(=O)NC2CCCCC2)cc1. The topological polar surface area (TPSA) is 96.0 Å². The standard InChI is InChI=1S/C26H34ClN3O5S/c1-19(26(32)28-22-7-5-4-6-8-22)29(17-20-9-15-24(35-2)16-10-20)25(31)18-30(36(3,33)34)23-13-11-21(27)12-14-23/h9-16,19,22H,4-8,17-18H2,1-3H3,(H,28,32)/t19-/m0/s1. The summed E-state index contributed by atoms with van der Waals surface area (Å²) in [5, 5.41) is 3.53. The van der Waals surface area contributed by atoms with E-state index in [-0.39, 0.29) is 18.5 Å². The lowest BCUT2D eigenvalue weighted by atomic mass is 9.95. The van der Waals surface area contributed by atoms with E-state index in [1.807, 2.05) is 12.1 Å². The van der Waals surface area contributed by atoms with Crippen LogP contribution >= 0.6 is 11.6 Å². The summed E-state index contributed by atoms with van der Waals surface area (Å²) in [6.45, 7) is 1.37. The second-order valence-corrected chi connectivity index (χ2v) is 11.5. The van der Waals surface area contributed by atoms with Crippen molar-refractivity contribution in [2.45, 2.75) is 57.7 Å². The maximum absolute atomic E-state index is 13.6. The van der Waals surface area contributed by atoms with Gasteiger partial charge in [0.1, 0.15) is 18.3 Å². The zero-order valence-corrected chi connectivity index (χ0v) is 22.5. The number of nitrogens with zero attached hydrogens (tertiary/aromatic N) is 2. The highest BCUT2D eigenvalue weighted by molar-refractivity contribution is 7.92. The van der Waals surface area contributed by atoms with E-state index in [9.17, 15) is 18.0 Å². The highest BCUT2D eigenvalue weighted by Gasteiger charge is 2.31. The lowest BCUT2D eigenvalue weighted by molar-refractivity contribution is -0.139. The number of ether oxygens (including phenoxy) is 1. The van der Waals surface area contributed by atoms with Crippen molar-refractivity contribution in [3.63, 3.8) is 0 Å². The molecule has 0 heterocycles. The minimum atomic E-state index is -3.78. The van der Waals surface area contributed by atoms with Crippen LogP contribution in [0.1, 0.15) is 44.6 Å². The first kappa shape index (κ1) is 27.8. The second-order valence-electron chi connectivity index (χ2n) is 9.14. The van der Waals surface area contributed by atoms with Gasteiger partial charge in [-0.2, -0.15) is 0 Å². The largest absolute Gasteiger partial charge is 0.497 e. The van der Waals surface area contributed by atoms with Crippen LogP contribution in [0, 0.1) is 0 Å². The molecule has 36 heavy (non-hydrogen) atoms. The molecule has 0 spiro atoms. The highest BCUT2D eigenvalue weighted by atomic mass is 35.5. The van der Waals surface area contributed by atoms with Crippen LogP contribution in [0.3, 0.4) is 0 Å². The summed E-state index contributed by atoms with van der Waals surface area (Å²) in [4.78, 5) is 28.2. The predicted octanol–water partition coefficient (Wildman–Crippen LogP) is 3.98. The summed E-state index contributed by atoms with van der Waals surface area (Å²) in [5.41, 5.74) is 1.11. The van der Waals surface area contributed by atoms with Crippen molar-refractivity contribution < 1.29 is 22.7 Å². The molecule has 0 radical (unpaired) electrons. The zero-order chi connectivity index (χ0) is 26.3. The van der Waals surface area contributed by atoms with Crippen LogP contribution in [0.15, 0.2) is 48.5 Å². The summed E-state index contributed by atoms with van der Waals surface area (Å²) in [6.07, 6.45) is 6.18. The minimum absolute atomic E-state index is 0.0909. The molecule has 10 heteroatoms. The Kier molecular flexibility index (Phi) is 9.62. The fourth-order valence-corrected chi connectivity index (χ4v) is 5.28. The van der Waals surface area contributed by atoms with Gasteiger partial charge in [0.05, 0.1) is 19.1 Å². The van der Waals surface area contributed by atoms with Crippen molar-refractivity contribution in [1.29, 1.82) is 0 Å². The van der Waals surface area contributed by atoms with Gasteiger partial charge < -0.3 is 15.0 Å². The maximum Gasteiger partial charge on any atom is 0.244 e. The first-order valence-corrected chi connectivity index (χ1v) is 14.3. The molecule has 0 aliphatic heterocycles. The van der Waals surface area contributed by atoms with Gasteiger partial charge in [0, 0.05) is 17.6 Å². The number of nitrogens with one attached hydrogen (secondary N) is 1. The summed E-state index contributed by atoms with van der Waals surface area (Å²) in [5.74, 6) is -0.0654. The maximum atomic E-state index is 13.6. The first-order valence-electron chi connectivity index (χ1n) is 12.0. The Morgan fingerprint density at radius 2 is 1.67 bits per heavy atom. The lowest BCUT2D eigenvalue weighted by Crippen LogP contribution is -2.52. The smallest absolute Gasteiger partial charge is 0.244 e. The molecule has 1 atom stereocenters.